The minimum atomic E-state index is -1.01. The monoisotopic (exact) mass is 454 g/mol. The van der Waals surface area contributed by atoms with Gasteiger partial charge < -0.3 is 14.4 Å². The number of aromatic nitrogens is 2. The van der Waals surface area contributed by atoms with Crippen LogP contribution in [0.2, 0.25) is 0 Å². The number of ketones is 1. The largest absolute Gasteiger partial charge is 0.479 e. The van der Waals surface area contributed by atoms with E-state index in [1.165, 1.54) is 6.92 Å². The number of para-hydroxylation sites is 2. The molecule has 4 rings (SSSR count). The van der Waals surface area contributed by atoms with Gasteiger partial charge in [0, 0.05) is 12.1 Å². The number of carbonyl (C=O) groups is 2. The van der Waals surface area contributed by atoms with Gasteiger partial charge in [-0.25, -0.2) is 9.78 Å². The van der Waals surface area contributed by atoms with Crippen LogP contribution in [-0.2, 0) is 11.3 Å². The second-order valence-electron chi connectivity index (χ2n) is 8.13. The summed E-state index contributed by atoms with van der Waals surface area (Å²) in [5.74, 6) is -0.179. The molecule has 1 aromatic heterocycles. The number of ether oxygens (including phenoxy) is 1. The summed E-state index contributed by atoms with van der Waals surface area (Å²) in [5, 5.41) is 9.03. The van der Waals surface area contributed by atoms with Crippen LogP contribution in [0.5, 0.6) is 5.75 Å². The predicted octanol–water partition coefficient (Wildman–Crippen LogP) is 5.53. The van der Waals surface area contributed by atoms with Gasteiger partial charge in [-0.05, 0) is 50.1 Å². The third kappa shape index (κ3) is 5.23. The summed E-state index contributed by atoms with van der Waals surface area (Å²) < 4.78 is 7.41. The van der Waals surface area contributed by atoms with Gasteiger partial charge in [0.2, 0.25) is 5.78 Å². The molecule has 1 heterocycles. The fraction of sp³-hybridized carbons (Fsp3) is 0.179. The Morgan fingerprint density at radius 3 is 2.59 bits per heavy atom. The van der Waals surface area contributed by atoms with E-state index in [1.807, 2.05) is 84.3 Å². The molecule has 6 nitrogen and oxygen atoms in total. The van der Waals surface area contributed by atoms with Gasteiger partial charge in [-0.1, -0.05) is 66.2 Å². The highest BCUT2D eigenvalue weighted by Crippen LogP contribution is 2.20. The number of aryl methyl sites for hydroxylation is 2. The molecule has 0 amide bonds. The standard InChI is InChI=1S/C28H26N2O4/c1-19-13-15-22(16-14-19)26(31)27-29-24-11-3-4-12-25(24)30(27)17-6-5-8-21-9-7-10-23(18-21)34-20(2)28(32)33/h3-5,7-16,18,20H,6,17H2,1-2H3,(H,32,33)/b8-5+/t20-/m1/s1. The maximum absolute atomic E-state index is 13.2. The van der Waals surface area contributed by atoms with E-state index >= 15 is 0 Å². The molecule has 0 aliphatic rings. The van der Waals surface area contributed by atoms with Gasteiger partial charge in [0.1, 0.15) is 5.75 Å². The van der Waals surface area contributed by atoms with Gasteiger partial charge in [-0.3, -0.25) is 4.79 Å². The van der Waals surface area contributed by atoms with Crippen molar-refractivity contribution in [1.82, 2.24) is 9.55 Å². The van der Waals surface area contributed by atoms with Crippen LogP contribution in [0.1, 0.15) is 40.7 Å². The summed E-state index contributed by atoms with van der Waals surface area (Å²) in [6.07, 6.45) is 3.75. The molecule has 34 heavy (non-hydrogen) atoms. The van der Waals surface area contributed by atoms with Crippen LogP contribution >= 0.6 is 0 Å². The molecular formula is C28H26N2O4. The van der Waals surface area contributed by atoms with Gasteiger partial charge in [-0.15, -0.1) is 0 Å². The summed E-state index contributed by atoms with van der Waals surface area (Å²) >= 11 is 0. The van der Waals surface area contributed by atoms with Gasteiger partial charge >= 0.3 is 5.97 Å². The highest BCUT2D eigenvalue weighted by atomic mass is 16.5. The Balaban J connectivity index is 1.52. The second-order valence-corrected chi connectivity index (χ2v) is 8.13. The number of allylic oxidation sites excluding steroid dienone is 1. The van der Waals surface area contributed by atoms with Crippen molar-refractivity contribution in [2.24, 2.45) is 0 Å². The molecule has 0 saturated heterocycles. The van der Waals surface area contributed by atoms with Crippen molar-refractivity contribution in [1.29, 1.82) is 0 Å². The van der Waals surface area contributed by atoms with Crippen molar-refractivity contribution >= 4 is 28.9 Å². The normalized spacial score (nSPS) is 12.2. The zero-order valence-electron chi connectivity index (χ0n) is 19.1. The van der Waals surface area contributed by atoms with E-state index in [-0.39, 0.29) is 5.78 Å². The molecule has 1 atom stereocenters. The van der Waals surface area contributed by atoms with Crippen molar-refractivity contribution in [3.8, 4) is 5.75 Å². The second kappa shape index (κ2) is 10.2. The van der Waals surface area contributed by atoms with Gasteiger partial charge in [0.25, 0.3) is 0 Å². The van der Waals surface area contributed by atoms with Crippen LogP contribution in [0.15, 0.2) is 78.9 Å². The van der Waals surface area contributed by atoms with E-state index in [4.69, 9.17) is 9.84 Å². The fourth-order valence-corrected chi connectivity index (χ4v) is 3.68. The Kier molecular flexibility index (Phi) is 6.87. The van der Waals surface area contributed by atoms with Crippen LogP contribution in [0.3, 0.4) is 0 Å². The van der Waals surface area contributed by atoms with E-state index in [1.54, 1.807) is 12.1 Å². The number of hydrogen-bond acceptors (Lipinski definition) is 4. The summed E-state index contributed by atoms with van der Waals surface area (Å²) in [7, 11) is 0. The number of imidazole rings is 1. The van der Waals surface area contributed by atoms with Gasteiger partial charge in [0.05, 0.1) is 11.0 Å². The summed E-state index contributed by atoms with van der Waals surface area (Å²) in [6.45, 7) is 4.08. The van der Waals surface area contributed by atoms with Crippen molar-refractivity contribution in [2.45, 2.75) is 32.9 Å². The lowest BCUT2D eigenvalue weighted by molar-refractivity contribution is -0.144. The molecule has 172 valence electrons. The fourth-order valence-electron chi connectivity index (χ4n) is 3.68. The van der Waals surface area contributed by atoms with E-state index in [0.29, 0.717) is 30.1 Å². The lowest BCUT2D eigenvalue weighted by atomic mass is 10.1. The third-order valence-electron chi connectivity index (χ3n) is 5.52. The maximum atomic E-state index is 13.2. The lowest BCUT2D eigenvalue weighted by Gasteiger charge is -2.10. The van der Waals surface area contributed by atoms with E-state index in [9.17, 15) is 9.59 Å². The highest BCUT2D eigenvalue weighted by molar-refractivity contribution is 6.08. The Bertz CT molecular complexity index is 1350. The average Bonchev–Trinajstić information content (AvgIpc) is 3.20. The van der Waals surface area contributed by atoms with Crippen molar-refractivity contribution < 1.29 is 19.4 Å². The quantitative estimate of drug-likeness (QED) is 0.336. The maximum Gasteiger partial charge on any atom is 0.344 e. The number of aliphatic carboxylic acids is 1. The average molecular weight is 455 g/mol. The molecule has 0 saturated carbocycles. The Morgan fingerprint density at radius 1 is 1.06 bits per heavy atom. The SMILES string of the molecule is Cc1ccc(C(=O)c2nc3ccccc3n2CC/C=C/c2cccc(O[C@H](C)C(=O)O)c2)cc1. The molecule has 4 aromatic rings. The summed E-state index contributed by atoms with van der Waals surface area (Å²) in [4.78, 5) is 28.9. The molecule has 0 bridgehead atoms. The van der Waals surface area contributed by atoms with Crippen LogP contribution in [0.4, 0.5) is 0 Å². The lowest BCUT2D eigenvalue weighted by Crippen LogP contribution is -2.22. The van der Waals surface area contributed by atoms with E-state index in [0.717, 1.165) is 22.2 Å². The number of carboxylic acid groups (broad SMARTS) is 1. The van der Waals surface area contributed by atoms with Crippen LogP contribution in [0, 0.1) is 6.92 Å². The van der Waals surface area contributed by atoms with Gasteiger partial charge in [-0.2, -0.15) is 0 Å². The summed E-state index contributed by atoms with van der Waals surface area (Å²) in [5.41, 5.74) is 4.33. The first-order chi connectivity index (χ1) is 16.4. The van der Waals surface area contributed by atoms with Gasteiger partial charge in [0.15, 0.2) is 11.9 Å². The van der Waals surface area contributed by atoms with Crippen molar-refractivity contribution in [2.75, 3.05) is 0 Å². The number of nitrogens with zero attached hydrogens (tertiary/aromatic N) is 2. The zero-order chi connectivity index (χ0) is 24.1. The first-order valence-corrected chi connectivity index (χ1v) is 11.1. The smallest absolute Gasteiger partial charge is 0.344 e. The molecular weight excluding hydrogens is 428 g/mol. The molecule has 0 spiro atoms. The number of rotatable bonds is 9. The number of carboxylic acids is 1. The van der Waals surface area contributed by atoms with E-state index < -0.39 is 12.1 Å². The zero-order valence-corrected chi connectivity index (χ0v) is 19.1. The minimum absolute atomic E-state index is 0.0995. The number of hydrogen-bond donors (Lipinski definition) is 1. The van der Waals surface area contributed by atoms with Crippen LogP contribution < -0.4 is 4.74 Å². The number of carbonyl (C=O) groups excluding carboxylic acids is 1. The van der Waals surface area contributed by atoms with Crippen molar-refractivity contribution in [3.05, 3.63) is 101 Å². The Hall–Kier alpha value is -4.19. The predicted molar refractivity (Wildman–Crippen MR) is 132 cm³/mol. The first kappa shape index (κ1) is 23.0. The highest BCUT2D eigenvalue weighted by Gasteiger charge is 2.18. The molecule has 0 radical (unpaired) electrons. The molecule has 3 aromatic carbocycles. The van der Waals surface area contributed by atoms with E-state index in [2.05, 4.69) is 4.98 Å². The molecule has 0 fully saturated rings. The summed E-state index contributed by atoms with van der Waals surface area (Å²) in [6, 6.07) is 22.6. The Morgan fingerprint density at radius 2 is 1.82 bits per heavy atom. The topological polar surface area (TPSA) is 81.4 Å². The van der Waals surface area contributed by atoms with Crippen LogP contribution in [0.25, 0.3) is 17.1 Å². The molecule has 0 unspecified atom stereocenters. The molecule has 0 aliphatic carbocycles. The molecule has 6 heteroatoms. The minimum Gasteiger partial charge on any atom is -0.479 e. The number of benzene rings is 3. The Labute approximate surface area is 198 Å². The van der Waals surface area contributed by atoms with Crippen LogP contribution in [-0.4, -0.2) is 32.5 Å². The number of fused-ring (bicyclic) bond motifs is 1. The molecule has 0 aliphatic heterocycles. The third-order valence-corrected chi connectivity index (χ3v) is 5.52. The molecule has 1 N–H and O–H groups in total. The van der Waals surface area contributed by atoms with Crippen molar-refractivity contribution in [3.63, 3.8) is 0 Å². The first-order valence-electron chi connectivity index (χ1n) is 11.1.